The van der Waals surface area contributed by atoms with E-state index in [-0.39, 0.29) is 5.97 Å². The van der Waals surface area contributed by atoms with Crippen molar-refractivity contribution in [2.24, 2.45) is 0 Å². The van der Waals surface area contributed by atoms with Gasteiger partial charge in [-0.3, -0.25) is 0 Å². The summed E-state index contributed by atoms with van der Waals surface area (Å²) in [7, 11) is 0. The van der Waals surface area contributed by atoms with Crippen LogP contribution in [0.3, 0.4) is 0 Å². The van der Waals surface area contributed by atoms with Crippen LogP contribution in [-0.4, -0.2) is 37.1 Å². The molecule has 0 heterocycles. The lowest BCUT2D eigenvalue weighted by Gasteiger charge is -2.17. The third-order valence-electron chi connectivity index (χ3n) is 4.09. The van der Waals surface area contributed by atoms with Crippen LogP contribution < -0.4 is 0 Å². The van der Waals surface area contributed by atoms with Crippen LogP contribution in [0.1, 0.15) is 78.6 Å². The zero-order chi connectivity index (χ0) is 16.6. The normalized spacial score (nSPS) is 10.9. The number of unbranched alkanes of at least 4 members (excludes halogenated alkanes) is 8. The first-order valence-electron chi connectivity index (χ1n) is 9.16. The minimum atomic E-state index is -0.260. The maximum absolute atomic E-state index is 11.2. The molecule has 0 unspecified atom stereocenters. The highest BCUT2D eigenvalue weighted by Crippen LogP contribution is 2.10. The summed E-state index contributed by atoms with van der Waals surface area (Å²) in [6, 6.07) is 0. The fourth-order valence-electron chi connectivity index (χ4n) is 2.50. The molecule has 0 aromatic heterocycles. The zero-order valence-electron chi connectivity index (χ0n) is 15.2. The smallest absolute Gasteiger partial charge is 0.333 e. The number of hydrogen-bond donors (Lipinski definition) is 0. The lowest BCUT2D eigenvalue weighted by molar-refractivity contribution is -0.139. The Hall–Kier alpha value is -0.830. The van der Waals surface area contributed by atoms with Crippen molar-refractivity contribution in [3.8, 4) is 0 Å². The molecule has 130 valence electrons. The highest BCUT2D eigenvalue weighted by molar-refractivity contribution is 5.86. The van der Waals surface area contributed by atoms with Gasteiger partial charge in [0.15, 0.2) is 0 Å². The van der Waals surface area contributed by atoms with Crippen LogP contribution in [0.2, 0.25) is 0 Å². The van der Waals surface area contributed by atoms with Crippen molar-refractivity contribution >= 4 is 5.97 Å². The number of rotatable bonds is 15. The summed E-state index contributed by atoms with van der Waals surface area (Å²) in [4.78, 5) is 13.7. The molecule has 0 atom stereocenters. The molecule has 0 aromatic rings. The molecule has 0 amide bonds. The minimum absolute atomic E-state index is 0.260. The third kappa shape index (κ3) is 12.9. The molecule has 0 N–H and O–H groups in total. The predicted octanol–water partition coefficient (Wildman–Crippen LogP) is 4.96. The second kappa shape index (κ2) is 15.1. The average molecular weight is 312 g/mol. The monoisotopic (exact) mass is 311 g/mol. The molecule has 0 aromatic carbocycles. The SMILES string of the molecule is C=C(C)C(=O)OCCCCCCCCCCCN(CC)CC. The Labute approximate surface area is 138 Å². The molecule has 0 spiro atoms. The Bertz CT molecular complexity index is 285. The van der Waals surface area contributed by atoms with E-state index in [1.54, 1.807) is 6.92 Å². The van der Waals surface area contributed by atoms with Crippen molar-refractivity contribution < 1.29 is 9.53 Å². The molecular weight excluding hydrogens is 274 g/mol. The molecule has 0 aliphatic carbocycles. The second-order valence-corrected chi connectivity index (χ2v) is 6.13. The van der Waals surface area contributed by atoms with E-state index in [0.29, 0.717) is 12.2 Å². The fourth-order valence-corrected chi connectivity index (χ4v) is 2.50. The van der Waals surface area contributed by atoms with Gasteiger partial charge in [0.05, 0.1) is 6.61 Å². The minimum Gasteiger partial charge on any atom is -0.462 e. The molecule has 0 saturated heterocycles. The van der Waals surface area contributed by atoms with Crippen LogP contribution in [-0.2, 0) is 9.53 Å². The summed E-state index contributed by atoms with van der Waals surface area (Å²) in [6.45, 7) is 13.9. The maximum Gasteiger partial charge on any atom is 0.333 e. The molecule has 0 aliphatic heterocycles. The standard InChI is InChI=1S/C19H37NO2/c1-5-20(6-2)16-14-12-10-8-7-9-11-13-15-17-22-19(21)18(3)4/h3,5-17H2,1-2,4H3. The maximum atomic E-state index is 11.2. The third-order valence-corrected chi connectivity index (χ3v) is 4.09. The Balaban J connectivity index is 3.18. The molecule has 0 fully saturated rings. The topological polar surface area (TPSA) is 29.5 Å². The Morgan fingerprint density at radius 2 is 1.32 bits per heavy atom. The van der Waals surface area contributed by atoms with Crippen molar-refractivity contribution in [3.05, 3.63) is 12.2 Å². The number of nitrogens with zero attached hydrogens (tertiary/aromatic N) is 1. The molecule has 0 aliphatic rings. The fraction of sp³-hybridized carbons (Fsp3) is 0.842. The van der Waals surface area contributed by atoms with E-state index < -0.39 is 0 Å². The molecule has 3 nitrogen and oxygen atoms in total. The second-order valence-electron chi connectivity index (χ2n) is 6.13. The number of esters is 1. The first-order valence-corrected chi connectivity index (χ1v) is 9.16. The van der Waals surface area contributed by atoms with E-state index in [9.17, 15) is 4.79 Å². The van der Waals surface area contributed by atoms with Crippen molar-refractivity contribution in [2.45, 2.75) is 78.6 Å². The summed E-state index contributed by atoms with van der Waals surface area (Å²) in [5.74, 6) is -0.260. The van der Waals surface area contributed by atoms with Gasteiger partial charge in [0.25, 0.3) is 0 Å². The quantitative estimate of drug-likeness (QED) is 0.243. The van der Waals surface area contributed by atoms with E-state index >= 15 is 0 Å². The van der Waals surface area contributed by atoms with Gasteiger partial charge in [0, 0.05) is 5.57 Å². The van der Waals surface area contributed by atoms with Gasteiger partial charge in [-0.25, -0.2) is 4.79 Å². The van der Waals surface area contributed by atoms with Crippen molar-refractivity contribution in [1.82, 2.24) is 4.90 Å². The molecule has 0 bridgehead atoms. The van der Waals surface area contributed by atoms with E-state index in [4.69, 9.17) is 4.74 Å². The van der Waals surface area contributed by atoms with Gasteiger partial charge in [-0.05, 0) is 39.4 Å². The summed E-state index contributed by atoms with van der Waals surface area (Å²) in [6.07, 6.45) is 11.5. The van der Waals surface area contributed by atoms with Gasteiger partial charge in [0.2, 0.25) is 0 Å². The van der Waals surface area contributed by atoms with E-state index in [2.05, 4.69) is 25.3 Å². The number of hydrogen-bond acceptors (Lipinski definition) is 3. The lowest BCUT2D eigenvalue weighted by atomic mass is 10.1. The van der Waals surface area contributed by atoms with Crippen LogP contribution in [0.15, 0.2) is 12.2 Å². The largest absolute Gasteiger partial charge is 0.462 e. The number of ether oxygens (including phenoxy) is 1. The molecule has 0 saturated carbocycles. The predicted molar refractivity (Wildman–Crippen MR) is 95.1 cm³/mol. The highest BCUT2D eigenvalue weighted by Gasteiger charge is 2.02. The van der Waals surface area contributed by atoms with Gasteiger partial charge < -0.3 is 9.64 Å². The molecular formula is C19H37NO2. The van der Waals surface area contributed by atoms with Gasteiger partial charge in [-0.2, -0.15) is 0 Å². The van der Waals surface area contributed by atoms with Crippen molar-refractivity contribution in [2.75, 3.05) is 26.2 Å². The Kier molecular flexibility index (Phi) is 14.5. The van der Waals surface area contributed by atoms with Crippen LogP contribution in [0, 0.1) is 0 Å². The van der Waals surface area contributed by atoms with E-state index in [0.717, 1.165) is 12.8 Å². The first-order chi connectivity index (χ1) is 10.6. The van der Waals surface area contributed by atoms with Crippen LogP contribution in [0.5, 0.6) is 0 Å². The Morgan fingerprint density at radius 1 is 0.864 bits per heavy atom. The molecule has 0 rings (SSSR count). The van der Waals surface area contributed by atoms with Crippen molar-refractivity contribution in [3.63, 3.8) is 0 Å². The molecule has 3 heteroatoms. The number of carbonyl (C=O) groups excluding carboxylic acids is 1. The number of carbonyl (C=O) groups is 1. The summed E-state index contributed by atoms with van der Waals surface area (Å²) in [5, 5.41) is 0. The lowest BCUT2D eigenvalue weighted by Crippen LogP contribution is -2.23. The molecule has 0 radical (unpaired) electrons. The summed E-state index contributed by atoms with van der Waals surface area (Å²) < 4.78 is 5.07. The molecule has 22 heavy (non-hydrogen) atoms. The van der Waals surface area contributed by atoms with Gasteiger partial charge >= 0.3 is 5.97 Å². The Morgan fingerprint density at radius 3 is 1.77 bits per heavy atom. The summed E-state index contributed by atoms with van der Waals surface area (Å²) >= 11 is 0. The van der Waals surface area contributed by atoms with Crippen LogP contribution in [0.25, 0.3) is 0 Å². The van der Waals surface area contributed by atoms with Gasteiger partial charge in [0.1, 0.15) is 0 Å². The first kappa shape index (κ1) is 21.2. The summed E-state index contributed by atoms with van der Waals surface area (Å²) in [5.41, 5.74) is 0.487. The highest BCUT2D eigenvalue weighted by atomic mass is 16.5. The van der Waals surface area contributed by atoms with Crippen LogP contribution >= 0.6 is 0 Å². The average Bonchev–Trinajstić information content (AvgIpc) is 2.51. The van der Waals surface area contributed by atoms with Gasteiger partial charge in [-0.1, -0.05) is 65.4 Å². The van der Waals surface area contributed by atoms with Crippen LogP contribution in [0.4, 0.5) is 0 Å². The van der Waals surface area contributed by atoms with Gasteiger partial charge in [-0.15, -0.1) is 0 Å². The zero-order valence-corrected chi connectivity index (χ0v) is 15.2. The van der Waals surface area contributed by atoms with E-state index in [1.807, 2.05) is 0 Å². The van der Waals surface area contributed by atoms with Crippen molar-refractivity contribution in [1.29, 1.82) is 0 Å². The van der Waals surface area contributed by atoms with E-state index in [1.165, 1.54) is 64.6 Å².